The van der Waals surface area contributed by atoms with Crippen LogP contribution in [0.25, 0.3) is 10.9 Å². The first-order valence-electron chi connectivity index (χ1n) is 12.5. The minimum Gasteiger partial charge on any atom is -0.481 e. The van der Waals surface area contributed by atoms with Crippen LogP contribution in [0, 0.1) is 11.8 Å². The maximum absolute atomic E-state index is 13.4. The minimum atomic E-state index is -1.35. The summed E-state index contributed by atoms with van der Waals surface area (Å²) < 4.78 is 0. The number of carbonyl (C=O) groups excluding carboxylic acids is 3. The molecule has 0 fully saturated rings. The van der Waals surface area contributed by atoms with E-state index in [1.54, 1.807) is 33.9 Å². The van der Waals surface area contributed by atoms with Gasteiger partial charge in [-0.3, -0.25) is 19.2 Å². The van der Waals surface area contributed by atoms with Crippen molar-refractivity contribution in [1.29, 1.82) is 0 Å². The Balaban J connectivity index is 2.33. The fraction of sp³-hybridized carbons (Fsp3) is 0.500. The van der Waals surface area contributed by atoms with E-state index < -0.39 is 66.2 Å². The molecule has 1 heterocycles. The largest absolute Gasteiger partial charge is 0.481 e. The van der Waals surface area contributed by atoms with Gasteiger partial charge in [-0.15, -0.1) is 0 Å². The molecule has 0 saturated carbocycles. The average molecular weight is 532 g/mol. The molecular formula is C26H37N5O7. The number of aliphatic carboxylic acids is 2. The highest BCUT2D eigenvalue weighted by Gasteiger charge is 2.32. The van der Waals surface area contributed by atoms with Crippen molar-refractivity contribution in [2.75, 3.05) is 0 Å². The zero-order valence-corrected chi connectivity index (χ0v) is 22.0. The Morgan fingerprint density at radius 2 is 1.47 bits per heavy atom. The topological polar surface area (TPSA) is 204 Å². The lowest BCUT2D eigenvalue weighted by atomic mass is 10.0. The van der Waals surface area contributed by atoms with Crippen molar-refractivity contribution in [2.45, 2.75) is 71.1 Å². The Hall–Kier alpha value is -3.93. The van der Waals surface area contributed by atoms with E-state index in [-0.39, 0.29) is 18.8 Å². The van der Waals surface area contributed by atoms with E-state index in [1.165, 1.54) is 0 Å². The molecule has 8 N–H and O–H groups in total. The standard InChI is InChI=1S/C26H37N5O7/c1-13(2)21(27)25(36)30-19(11-15-12-28-17-8-6-5-7-16(15)17)24(35)29-18(9-10-20(32)33)23(34)31-22(14(3)4)26(37)38/h5-8,12-14,18-19,21-22,28H,9-11,27H2,1-4H3,(H,29,35)(H,30,36)(H,31,34)(H,32,33)(H,37,38). The molecule has 2 aromatic rings. The number of rotatable bonds is 14. The molecular weight excluding hydrogens is 494 g/mol. The molecule has 2 rings (SSSR count). The number of hydrogen-bond acceptors (Lipinski definition) is 6. The van der Waals surface area contributed by atoms with Gasteiger partial charge in [-0.25, -0.2) is 4.79 Å². The van der Waals surface area contributed by atoms with Crippen molar-refractivity contribution in [3.8, 4) is 0 Å². The maximum atomic E-state index is 13.4. The number of fused-ring (bicyclic) bond motifs is 1. The normalized spacial score (nSPS) is 14.5. The number of carbonyl (C=O) groups is 5. The third-order valence-corrected chi connectivity index (χ3v) is 6.26. The maximum Gasteiger partial charge on any atom is 0.326 e. The van der Waals surface area contributed by atoms with Gasteiger partial charge in [0.25, 0.3) is 0 Å². The van der Waals surface area contributed by atoms with Gasteiger partial charge in [-0.1, -0.05) is 45.9 Å². The zero-order chi connectivity index (χ0) is 28.6. The molecule has 1 aromatic carbocycles. The monoisotopic (exact) mass is 531 g/mol. The molecule has 0 aliphatic carbocycles. The van der Waals surface area contributed by atoms with Gasteiger partial charge in [0.1, 0.15) is 18.1 Å². The molecule has 0 radical (unpaired) electrons. The summed E-state index contributed by atoms with van der Waals surface area (Å²) in [5.74, 6) is -5.25. The van der Waals surface area contributed by atoms with Crippen molar-refractivity contribution in [3.63, 3.8) is 0 Å². The highest BCUT2D eigenvalue weighted by Crippen LogP contribution is 2.19. The van der Waals surface area contributed by atoms with Crippen LogP contribution < -0.4 is 21.7 Å². The van der Waals surface area contributed by atoms with Crippen LogP contribution >= 0.6 is 0 Å². The van der Waals surface area contributed by atoms with Crippen LogP contribution in [-0.2, 0) is 30.4 Å². The molecule has 3 amide bonds. The summed E-state index contributed by atoms with van der Waals surface area (Å²) in [6.07, 6.45) is 1.05. The second-order valence-corrected chi connectivity index (χ2v) is 9.96. The van der Waals surface area contributed by atoms with Crippen molar-refractivity contribution < 1.29 is 34.2 Å². The Bertz CT molecular complexity index is 1160. The number of aromatic nitrogens is 1. The molecule has 12 heteroatoms. The van der Waals surface area contributed by atoms with Gasteiger partial charge in [-0.05, 0) is 29.9 Å². The molecule has 1 aromatic heterocycles. The van der Waals surface area contributed by atoms with Gasteiger partial charge in [0.2, 0.25) is 17.7 Å². The lowest BCUT2D eigenvalue weighted by molar-refractivity contribution is -0.144. The van der Waals surface area contributed by atoms with E-state index in [0.717, 1.165) is 16.5 Å². The molecule has 0 saturated heterocycles. The van der Waals surface area contributed by atoms with Crippen LogP contribution in [0.5, 0.6) is 0 Å². The van der Waals surface area contributed by atoms with Crippen molar-refractivity contribution in [2.24, 2.45) is 17.6 Å². The quantitative estimate of drug-likeness (QED) is 0.185. The average Bonchev–Trinajstić information content (AvgIpc) is 3.25. The fourth-order valence-corrected chi connectivity index (χ4v) is 3.88. The number of para-hydroxylation sites is 1. The van der Waals surface area contributed by atoms with Gasteiger partial charge >= 0.3 is 11.9 Å². The van der Waals surface area contributed by atoms with Crippen LogP contribution in [0.4, 0.5) is 0 Å². The van der Waals surface area contributed by atoms with Crippen molar-refractivity contribution in [3.05, 3.63) is 36.0 Å². The second-order valence-electron chi connectivity index (χ2n) is 9.96. The summed E-state index contributed by atoms with van der Waals surface area (Å²) in [5.41, 5.74) is 7.54. The molecule has 38 heavy (non-hydrogen) atoms. The summed E-state index contributed by atoms with van der Waals surface area (Å²) in [6, 6.07) is 2.79. The number of amides is 3. The van der Waals surface area contributed by atoms with Gasteiger partial charge in [-0.2, -0.15) is 0 Å². The molecule has 4 unspecified atom stereocenters. The highest BCUT2D eigenvalue weighted by atomic mass is 16.4. The fourth-order valence-electron chi connectivity index (χ4n) is 3.88. The van der Waals surface area contributed by atoms with Crippen LogP contribution in [0.15, 0.2) is 30.5 Å². The van der Waals surface area contributed by atoms with Crippen LogP contribution in [0.2, 0.25) is 0 Å². The van der Waals surface area contributed by atoms with E-state index in [2.05, 4.69) is 20.9 Å². The van der Waals surface area contributed by atoms with Gasteiger partial charge in [0, 0.05) is 29.9 Å². The lowest BCUT2D eigenvalue weighted by Crippen LogP contribution is -2.58. The first-order valence-corrected chi connectivity index (χ1v) is 12.5. The number of nitrogens with two attached hydrogens (primary N) is 1. The lowest BCUT2D eigenvalue weighted by Gasteiger charge is -2.26. The summed E-state index contributed by atoms with van der Waals surface area (Å²) in [5, 5.41) is 26.9. The molecule has 12 nitrogen and oxygen atoms in total. The number of carboxylic acids is 2. The van der Waals surface area contributed by atoms with Gasteiger partial charge in [0.05, 0.1) is 6.04 Å². The van der Waals surface area contributed by atoms with Crippen molar-refractivity contribution in [1.82, 2.24) is 20.9 Å². The molecule has 0 bridgehead atoms. The zero-order valence-electron chi connectivity index (χ0n) is 22.0. The number of nitrogens with one attached hydrogen (secondary N) is 4. The molecule has 0 aliphatic heterocycles. The van der Waals surface area contributed by atoms with Gasteiger partial charge < -0.3 is 36.9 Å². The summed E-state index contributed by atoms with van der Waals surface area (Å²) in [6.45, 7) is 6.74. The predicted octanol–water partition coefficient (Wildman–Crippen LogP) is 0.754. The van der Waals surface area contributed by atoms with Gasteiger partial charge in [0.15, 0.2) is 0 Å². The number of benzene rings is 1. The number of aromatic amines is 1. The first-order chi connectivity index (χ1) is 17.8. The Morgan fingerprint density at radius 3 is 2.05 bits per heavy atom. The van der Waals surface area contributed by atoms with E-state index in [1.807, 2.05) is 24.3 Å². The highest BCUT2D eigenvalue weighted by molar-refractivity contribution is 5.95. The summed E-state index contributed by atoms with van der Waals surface area (Å²) >= 11 is 0. The Kier molecular flexibility index (Phi) is 10.8. The SMILES string of the molecule is CC(C)C(N)C(=O)NC(Cc1c[nH]c2ccccc12)C(=O)NC(CCC(=O)O)C(=O)NC(C(=O)O)C(C)C. The minimum absolute atomic E-state index is 0.0589. The summed E-state index contributed by atoms with van der Waals surface area (Å²) in [7, 11) is 0. The third kappa shape index (κ3) is 8.30. The number of hydrogen-bond donors (Lipinski definition) is 7. The Morgan fingerprint density at radius 1 is 0.868 bits per heavy atom. The first kappa shape index (κ1) is 30.3. The van der Waals surface area contributed by atoms with Crippen LogP contribution in [0.3, 0.4) is 0 Å². The number of H-pyrrole nitrogens is 1. The molecule has 0 aliphatic rings. The van der Waals surface area contributed by atoms with Crippen LogP contribution in [-0.4, -0.2) is 69.0 Å². The molecule has 0 spiro atoms. The summed E-state index contributed by atoms with van der Waals surface area (Å²) in [4.78, 5) is 65.0. The predicted molar refractivity (Wildman–Crippen MR) is 140 cm³/mol. The Labute approximate surface area is 220 Å². The van der Waals surface area contributed by atoms with E-state index >= 15 is 0 Å². The van der Waals surface area contributed by atoms with Crippen molar-refractivity contribution >= 4 is 40.6 Å². The third-order valence-electron chi connectivity index (χ3n) is 6.26. The van der Waals surface area contributed by atoms with Crippen LogP contribution in [0.1, 0.15) is 46.1 Å². The number of carboxylic acid groups (broad SMARTS) is 2. The van der Waals surface area contributed by atoms with E-state index in [4.69, 9.17) is 10.8 Å². The molecule has 208 valence electrons. The van der Waals surface area contributed by atoms with E-state index in [0.29, 0.717) is 0 Å². The molecule has 4 atom stereocenters. The van der Waals surface area contributed by atoms with E-state index in [9.17, 15) is 29.1 Å². The second kappa shape index (κ2) is 13.6. The smallest absolute Gasteiger partial charge is 0.326 e.